The van der Waals surface area contributed by atoms with Crippen molar-refractivity contribution < 1.29 is 17.9 Å². The first-order chi connectivity index (χ1) is 13.9. The SMILES string of the molecule is CCN(CC)S(=O)(=O)c1ccc(CCC(=O)NCc2ccc(COC)cc2)cc1. The van der Waals surface area contributed by atoms with Crippen molar-refractivity contribution in [1.82, 2.24) is 9.62 Å². The van der Waals surface area contributed by atoms with Crippen LogP contribution >= 0.6 is 0 Å². The molecule has 7 heteroatoms. The van der Waals surface area contributed by atoms with E-state index >= 15 is 0 Å². The Balaban J connectivity index is 1.84. The summed E-state index contributed by atoms with van der Waals surface area (Å²) < 4.78 is 31.5. The molecule has 158 valence electrons. The average Bonchev–Trinajstić information content (AvgIpc) is 2.73. The molecule has 2 aromatic carbocycles. The molecule has 0 saturated carbocycles. The molecule has 6 nitrogen and oxygen atoms in total. The Morgan fingerprint density at radius 1 is 0.931 bits per heavy atom. The monoisotopic (exact) mass is 418 g/mol. The van der Waals surface area contributed by atoms with Crippen LogP contribution in [0.1, 0.15) is 37.0 Å². The number of amides is 1. The van der Waals surface area contributed by atoms with E-state index in [0.29, 0.717) is 39.1 Å². The summed E-state index contributed by atoms with van der Waals surface area (Å²) in [6, 6.07) is 14.7. The van der Waals surface area contributed by atoms with Crippen LogP contribution in [0.3, 0.4) is 0 Å². The Bertz CT molecular complexity index is 874. The van der Waals surface area contributed by atoms with Crippen molar-refractivity contribution in [2.45, 2.75) is 44.7 Å². The standard InChI is InChI=1S/C22H30N2O4S/c1-4-24(5-2)29(26,27)21-13-10-18(11-14-21)12-15-22(25)23-16-19-6-8-20(9-7-19)17-28-3/h6-11,13-14H,4-5,12,15-17H2,1-3H3,(H,23,25). The number of carbonyl (C=O) groups is 1. The Morgan fingerprint density at radius 2 is 1.48 bits per heavy atom. The molecule has 0 aliphatic rings. The van der Waals surface area contributed by atoms with Crippen molar-refractivity contribution in [3.63, 3.8) is 0 Å². The summed E-state index contributed by atoms with van der Waals surface area (Å²) in [5, 5.41) is 2.91. The van der Waals surface area contributed by atoms with Crippen LogP contribution in [0.5, 0.6) is 0 Å². The van der Waals surface area contributed by atoms with E-state index in [1.54, 1.807) is 31.4 Å². The highest BCUT2D eigenvalue weighted by Crippen LogP contribution is 2.17. The van der Waals surface area contributed by atoms with E-state index in [1.165, 1.54) is 4.31 Å². The third-order valence-corrected chi connectivity index (χ3v) is 6.80. The molecular weight excluding hydrogens is 388 g/mol. The van der Waals surface area contributed by atoms with Crippen LogP contribution in [0.2, 0.25) is 0 Å². The van der Waals surface area contributed by atoms with E-state index in [2.05, 4.69) is 5.32 Å². The van der Waals surface area contributed by atoms with Crippen molar-refractivity contribution in [1.29, 1.82) is 0 Å². The van der Waals surface area contributed by atoms with Crippen molar-refractivity contribution in [3.05, 3.63) is 65.2 Å². The molecule has 0 aliphatic carbocycles. The molecule has 1 N–H and O–H groups in total. The zero-order valence-electron chi connectivity index (χ0n) is 17.3. The number of methoxy groups -OCH3 is 1. The number of benzene rings is 2. The highest BCUT2D eigenvalue weighted by Gasteiger charge is 2.21. The third-order valence-electron chi connectivity index (χ3n) is 4.73. The Hall–Kier alpha value is -2.22. The van der Waals surface area contributed by atoms with E-state index < -0.39 is 10.0 Å². The number of nitrogens with zero attached hydrogens (tertiary/aromatic N) is 1. The minimum absolute atomic E-state index is 0.0363. The van der Waals surface area contributed by atoms with Gasteiger partial charge in [0, 0.05) is 33.2 Å². The first-order valence-electron chi connectivity index (χ1n) is 9.83. The zero-order chi connectivity index (χ0) is 21.3. The van der Waals surface area contributed by atoms with E-state index in [0.717, 1.165) is 16.7 Å². The van der Waals surface area contributed by atoms with E-state index in [-0.39, 0.29) is 10.8 Å². The lowest BCUT2D eigenvalue weighted by molar-refractivity contribution is -0.121. The second kappa shape index (κ2) is 11.1. The second-order valence-corrected chi connectivity index (χ2v) is 8.70. The predicted molar refractivity (Wildman–Crippen MR) is 114 cm³/mol. The first-order valence-corrected chi connectivity index (χ1v) is 11.3. The van der Waals surface area contributed by atoms with Gasteiger partial charge in [-0.2, -0.15) is 4.31 Å². The molecule has 29 heavy (non-hydrogen) atoms. The zero-order valence-corrected chi connectivity index (χ0v) is 18.2. The summed E-state index contributed by atoms with van der Waals surface area (Å²) in [6.45, 7) is 5.57. The molecule has 0 heterocycles. The molecule has 2 aromatic rings. The van der Waals surface area contributed by atoms with Crippen molar-refractivity contribution in [3.8, 4) is 0 Å². The van der Waals surface area contributed by atoms with E-state index in [9.17, 15) is 13.2 Å². The van der Waals surface area contributed by atoms with Crippen molar-refractivity contribution in [2.24, 2.45) is 0 Å². The van der Waals surface area contributed by atoms with Crippen LogP contribution in [0, 0.1) is 0 Å². The van der Waals surface area contributed by atoms with Crippen LogP contribution in [0.4, 0.5) is 0 Å². The molecule has 0 fully saturated rings. The van der Waals surface area contributed by atoms with Gasteiger partial charge in [-0.05, 0) is 35.2 Å². The summed E-state index contributed by atoms with van der Waals surface area (Å²) in [4.78, 5) is 12.4. The molecule has 0 spiro atoms. The van der Waals surface area contributed by atoms with E-state index in [1.807, 2.05) is 38.1 Å². The normalized spacial score (nSPS) is 11.6. The lowest BCUT2D eigenvalue weighted by atomic mass is 10.1. The molecule has 0 radical (unpaired) electrons. The Labute approximate surface area is 173 Å². The van der Waals surface area contributed by atoms with Crippen LogP contribution in [0.25, 0.3) is 0 Å². The topological polar surface area (TPSA) is 75.7 Å². The fourth-order valence-electron chi connectivity index (χ4n) is 3.01. The van der Waals surface area contributed by atoms with Gasteiger partial charge in [0.1, 0.15) is 0 Å². The van der Waals surface area contributed by atoms with E-state index in [4.69, 9.17) is 4.74 Å². The van der Waals surface area contributed by atoms with Crippen molar-refractivity contribution in [2.75, 3.05) is 20.2 Å². The predicted octanol–water partition coefficient (Wildman–Crippen LogP) is 3.11. The third kappa shape index (κ3) is 6.66. The minimum atomic E-state index is -3.45. The Kier molecular flexibility index (Phi) is 8.82. The van der Waals surface area contributed by atoms with Gasteiger partial charge < -0.3 is 10.1 Å². The number of ether oxygens (including phenoxy) is 1. The van der Waals surface area contributed by atoms with Gasteiger partial charge in [0.25, 0.3) is 0 Å². The van der Waals surface area contributed by atoms with Crippen LogP contribution in [-0.4, -0.2) is 38.8 Å². The maximum atomic E-state index is 12.5. The van der Waals surface area contributed by atoms with Gasteiger partial charge in [0.05, 0.1) is 11.5 Å². The quantitative estimate of drug-likeness (QED) is 0.608. The van der Waals surface area contributed by atoms with Gasteiger partial charge >= 0.3 is 0 Å². The number of sulfonamides is 1. The summed E-state index contributed by atoms with van der Waals surface area (Å²) in [5.74, 6) is -0.0363. The Morgan fingerprint density at radius 3 is 2.03 bits per heavy atom. The van der Waals surface area contributed by atoms with Gasteiger partial charge in [-0.1, -0.05) is 50.2 Å². The molecule has 0 bridgehead atoms. The van der Waals surface area contributed by atoms with Gasteiger partial charge in [0.2, 0.25) is 15.9 Å². The molecule has 0 unspecified atom stereocenters. The fraction of sp³-hybridized carbons (Fsp3) is 0.409. The summed E-state index contributed by atoms with van der Waals surface area (Å²) in [7, 11) is -1.79. The van der Waals surface area contributed by atoms with Gasteiger partial charge in [0.15, 0.2) is 0 Å². The van der Waals surface area contributed by atoms with Gasteiger partial charge in [-0.25, -0.2) is 8.42 Å². The van der Waals surface area contributed by atoms with Gasteiger partial charge in [-0.15, -0.1) is 0 Å². The number of nitrogens with one attached hydrogen (secondary N) is 1. The molecule has 0 aromatic heterocycles. The molecule has 0 aliphatic heterocycles. The molecule has 1 amide bonds. The van der Waals surface area contributed by atoms with Crippen LogP contribution < -0.4 is 5.32 Å². The number of rotatable bonds is 11. The minimum Gasteiger partial charge on any atom is -0.380 e. The lowest BCUT2D eigenvalue weighted by Crippen LogP contribution is -2.30. The number of hydrogen-bond acceptors (Lipinski definition) is 4. The fourth-order valence-corrected chi connectivity index (χ4v) is 4.47. The summed E-state index contributed by atoms with van der Waals surface area (Å²) >= 11 is 0. The number of aryl methyl sites for hydroxylation is 1. The summed E-state index contributed by atoms with van der Waals surface area (Å²) in [6.07, 6.45) is 0.911. The molecule has 0 saturated heterocycles. The summed E-state index contributed by atoms with van der Waals surface area (Å²) in [5.41, 5.74) is 3.06. The van der Waals surface area contributed by atoms with Crippen LogP contribution in [-0.2, 0) is 39.1 Å². The maximum Gasteiger partial charge on any atom is 0.243 e. The highest BCUT2D eigenvalue weighted by atomic mass is 32.2. The van der Waals surface area contributed by atoms with Crippen LogP contribution in [0.15, 0.2) is 53.4 Å². The lowest BCUT2D eigenvalue weighted by Gasteiger charge is -2.18. The number of carbonyl (C=O) groups excluding carboxylic acids is 1. The van der Waals surface area contributed by atoms with Crippen molar-refractivity contribution >= 4 is 15.9 Å². The smallest absolute Gasteiger partial charge is 0.243 e. The highest BCUT2D eigenvalue weighted by molar-refractivity contribution is 7.89. The number of hydrogen-bond donors (Lipinski definition) is 1. The largest absolute Gasteiger partial charge is 0.380 e. The molecule has 2 rings (SSSR count). The first kappa shape index (κ1) is 23.1. The average molecular weight is 419 g/mol. The molecule has 0 atom stereocenters. The van der Waals surface area contributed by atoms with Gasteiger partial charge in [-0.3, -0.25) is 4.79 Å². The maximum absolute atomic E-state index is 12.5. The second-order valence-electron chi connectivity index (χ2n) is 6.76. The molecular formula is C22H30N2O4S.